The van der Waals surface area contributed by atoms with E-state index in [0.717, 1.165) is 44.2 Å². The molecule has 1 saturated carbocycles. The molecule has 1 saturated heterocycles. The second kappa shape index (κ2) is 7.41. The van der Waals surface area contributed by atoms with Crippen LogP contribution in [0.15, 0.2) is 24.3 Å². The molecule has 146 valence electrons. The Kier molecular flexibility index (Phi) is 5.57. The van der Waals surface area contributed by atoms with E-state index in [2.05, 4.69) is 25.7 Å². The SMILES string of the molecule is CC(C)(C)C1CCC([NH+]2CCN(c3cccc(C(F)(F)F)c3)CC2)CC1. The van der Waals surface area contributed by atoms with Crippen LogP contribution in [0.3, 0.4) is 0 Å². The van der Waals surface area contributed by atoms with E-state index in [1.165, 1.54) is 37.8 Å². The van der Waals surface area contributed by atoms with E-state index in [9.17, 15) is 13.2 Å². The standard InChI is InChI=1S/C21H31F3N2/c1-20(2,3)16-7-9-18(10-8-16)25-11-13-26(14-12-25)19-6-4-5-17(15-19)21(22,23)24/h4-6,15-16,18H,7-14H2,1-3H3/p+1. The lowest BCUT2D eigenvalue weighted by molar-refractivity contribution is -0.927. The summed E-state index contributed by atoms with van der Waals surface area (Å²) < 4.78 is 38.8. The predicted octanol–water partition coefficient (Wildman–Crippen LogP) is 4.02. The van der Waals surface area contributed by atoms with Crippen LogP contribution in [0.1, 0.15) is 52.0 Å². The van der Waals surface area contributed by atoms with E-state index >= 15 is 0 Å². The molecule has 2 aliphatic rings. The monoisotopic (exact) mass is 369 g/mol. The maximum Gasteiger partial charge on any atom is 0.416 e. The Labute approximate surface area is 155 Å². The quantitative estimate of drug-likeness (QED) is 0.828. The van der Waals surface area contributed by atoms with Crippen LogP contribution in [-0.2, 0) is 6.18 Å². The summed E-state index contributed by atoms with van der Waals surface area (Å²) in [7, 11) is 0. The van der Waals surface area contributed by atoms with Crippen LogP contribution in [0.5, 0.6) is 0 Å². The molecule has 0 radical (unpaired) electrons. The van der Waals surface area contributed by atoms with E-state index in [1.807, 2.05) is 0 Å². The van der Waals surface area contributed by atoms with Crippen molar-refractivity contribution >= 4 is 5.69 Å². The van der Waals surface area contributed by atoms with Crippen molar-refractivity contribution in [2.45, 2.75) is 58.7 Å². The number of halogens is 3. The smallest absolute Gasteiger partial charge is 0.360 e. The van der Waals surface area contributed by atoms with Crippen LogP contribution < -0.4 is 9.80 Å². The third-order valence-corrected chi connectivity index (χ3v) is 6.47. The lowest BCUT2D eigenvalue weighted by atomic mass is 9.71. The summed E-state index contributed by atoms with van der Waals surface area (Å²) in [6.07, 6.45) is 0.945. The van der Waals surface area contributed by atoms with E-state index < -0.39 is 11.7 Å². The Morgan fingerprint density at radius 2 is 1.58 bits per heavy atom. The van der Waals surface area contributed by atoms with Gasteiger partial charge in [0.2, 0.25) is 0 Å². The van der Waals surface area contributed by atoms with E-state index in [4.69, 9.17) is 0 Å². The molecule has 1 aromatic carbocycles. The molecule has 1 N–H and O–H groups in total. The summed E-state index contributed by atoms with van der Waals surface area (Å²) in [6.45, 7) is 10.8. The Bertz CT molecular complexity index is 590. The largest absolute Gasteiger partial charge is 0.416 e. The molecule has 5 heteroatoms. The van der Waals surface area contributed by atoms with Crippen molar-refractivity contribution in [3.63, 3.8) is 0 Å². The molecule has 1 aromatic rings. The maximum absolute atomic E-state index is 12.9. The van der Waals surface area contributed by atoms with Crippen LogP contribution >= 0.6 is 0 Å². The summed E-state index contributed by atoms with van der Waals surface area (Å²) >= 11 is 0. The molecule has 1 heterocycles. The van der Waals surface area contributed by atoms with Crippen LogP contribution in [0, 0.1) is 11.3 Å². The lowest BCUT2D eigenvalue weighted by Crippen LogP contribution is -3.18. The number of alkyl halides is 3. The number of piperazine rings is 1. The fraction of sp³-hybridized carbons (Fsp3) is 0.714. The van der Waals surface area contributed by atoms with Gasteiger partial charge in [0.25, 0.3) is 0 Å². The Balaban J connectivity index is 1.54. The average molecular weight is 369 g/mol. The first kappa shape index (κ1) is 19.5. The first-order valence-electron chi connectivity index (χ1n) is 9.91. The van der Waals surface area contributed by atoms with Gasteiger partial charge in [-0.1, -0.05) is 26.8 Å². The highest BCUT2D eigenvalue weighted by atomic mass is 19.4. The van der Waals surface area contributed by atoms with Gasteiger partial charge in [-0.15, -0.1) is 0 Å². The molecule has 0 bridgehead atoms. The van der Waals surface area contributed by atoms with Gasteiger partial charge in [0.05, 0.1) is 37.8 Å². The van der Waals surface area contributed by atoms with Crippen molar-refractivity contribution < 1.29 is 18.1 Å². The van der Waals surface area contributed by atoms with E-state index in [1.54, 1.807) is 11.0 Å². The van der Waals surface area contributed by atoms with Gasteiger partial charge in [-0.05, 0) is 55.2 Å². The number of rotatable bonds is 2. The highest BCUT2D eigenvalue weighted by Crippen LogP contribution is 2.37. The fourth-order valence-corrected chi connectivity index (χ4v) is 4.71. The van der Waals surface area contributed by atoms with Crippen molar-refractivity contribution in [1.29, 1.82) is 0 Å². The topological polar surface area (TPSA) is 7.68 Å². The van der Waals surface area contributed by atoms with Gasteiger partial charge < -0.3 is 9.80 Å². The Morgan fingerprint density at radius 1 is 0.962 bits per heavy atom. The van der Waals surface area contributed by atoms with Crippen molar-refractivity contribution in [3.8, 4) is 0 Å². The van der Waals surface area contributed by atoms with Gasteiger partial charge >= 0.3 is 6.18 Å². The summed E-state index contributed by atoms with van der Waals surface area (Å²) in [5.74, 6) is 0.824. The summed E-state index contributed by atoms with van der Waals surface area (Å²) in [4.78, 5) is 3.76. The van der Waals surface area contributed by atoms with Gasteiger partial charge in [-0.3, -0.25) is 0 Å². The van der Waals surface area contributed by atoms with Gasteiger partial charge in [0.1, 0.15) is 0 Å². The van der Waals surface area contributed by atoms with Crippen LogP contribution in [0.25, 0.3) is 0 Å². The predicted molar refractivity (Wildman–Crippen MR) is 99.6 cm³/mol. The zero-order valence-corrected chi connectivity index (χ0v) is 16.2. The molecule has 3 rings (SSSR count). The van der Waals surface area contributed by atoms with Crippen LogP contribution in [0.4, 0.5) is 18.9 Å². The third-order valence-electron chi connectivity index (χ3n) is 6.47. The number of nitrogens with one attached hydrogen (secondary N) is 1. The van der Waals surface area contributed by atoms with Crippen LogP contribution in [-0.4, -0.2) is 32.2 Å². The van der Waals surface area contributed by atoms with Crippen molar-refractivity contribution in [1.82, 2.24) is 0 Å². The summed E-state index contributed by atoms with van der Waals surface area (Å²) in [6, 6.07) is 6.50. The van der Waals surface area contributed by atoms with E-state index in [0.29, 0.717) is 11.1 Å². The number of anilines is 1. The van der Waals surface area contributed by atoms with E-state index in [-0.39, 0.29) is 0 Å². The van der Waals surface area contributed by atoms with Gasteiger partial charge in [0, 0.05) is 5.69 Å². The number of quaternary nitrogens is 1. The van der Waals surface area contributed by atoms with Gasteiger partial charge in [-0.2, -0.15) is 13.2 Å². The second-order valence-corrected chi connectivity index (χ2v) is 9.11. The van der Waals surface area contributed by atoms with Gasteiger partial charge in [0.15, 0.2) is 0 Å². The molecule has 0 amide bonds. The summed E-state index contributed by atoms with van der Waals surface area (Å²) in [5, 5.41) is 0. The number of nitrogens with zero attached hydrogens (tertiary/aromatic N) is 1. The zero-order chi connectivity index (χ0) is 18.9. The Morgan fingerprint density at radius 3 is 2.12 bits per heavy atom. The molecule has 0 atom stereocenters. The molecular weight excluding hydrogens is 337 g/mol. The molecule has 0 aromatic heterocycles. The number of hydrogen-bond acceptors (Lipinski definition) is 1. The van der Waals surface area contributed by atoms with Crippen molar-refractivity contribution in [3.05, 3.63) is 29.8 Å². The second-order valence-electron chi connectivity index (χ2n) is 9.11. The molecule has 0 unspecified atom stereocenters. The summed E-state index contributed by atoms with van der Waals surface area (Å²) in [5.41, 5.74) is 0.559. The first-order chi connectivity index (χ1) is 12.1. The molecular formula is C21H32F3N2+. The minimum absolute atomic E-state index is 0.405. The normalized spacial score (nSPS) is 26.2. The third kappa shape index (κ3) is 4.54. The minimum Gasteiger partial charge on any atom is -0.360 e. The molecule has 2 fully saturated rings. The molecule has 1 aliphatic carbocycles. The number of benzene rings is 1. The highest BCUT2D eigenvalue weighted by Gasteiger charge is 2.35. The number of hydrogen-bond donors (Lipinski definition) is 1. The van der Waals surface area contributed by atoms with Crippen molar-refractivity contribution in [2.24, 2.45) is 11.3 Å². The first-order valence-corrected chi connectivity index (χ1v) is 9.91. The van der Waals surface area contributed by atoms with Gasteiger partial charge in [-0.25, -0.2) is 0 Å². The average Bonchev–Trinajstić information content (AvgIpc) is 2.61. The fourth-order valence-electron chi connectivity index (χ4n) is 4.71. The Hall–Kier alpha value is -1.23. The van der Waals surface area contributed by atoms with Crippen molar-refractivity contribution in [2.75, 3.05) is 31.1 Å². The molecule has 2 nitrogen and oxygen atoms in total. The highest BCUT2D eigenvalue weighted by molar-refractivity contribution is 5.49. The zero-order valence-electron chi connectivity index (χ0n) is 16.2. The minimum atomic E-state index is -4.27. The van der Waals surface area contributed by atoms with Crippen LogP contribution in [0.2, 0.25) is 0 Å². The molecule has 26 heavy (non-hydrogen) atoms. The maximum atomic E-state index is 12.9. The molecule has 0 spiro atoms. The lowest BCUT2D eigenvalue weighted by Gasteiger charge is -2.42. The molecule has 1 aliphatic heterocycles.